The molecule has 0 aliphatic carbocycles. The van der Waals surface area contributed by atoms with Gasteiger partial charge in [-0.05, 0) is 48.2 Å². The van der Waals surface area contributed by atoms with Crippen molar-refractivity contribution in [1.82, 2.24) is 10.3 Å². The van der Waals surface area contributed by atoms with Gasteiger partial charge in [0.1, 0.15) is 23.8 Å². The van der Waals surface area contributed by atoms with Gasteiger partial charge in [-0.15, -0.1) is 0 Å². The molecule has 0 bridgehead atoms. The van der Waals surface area contributed by atoms with E-state index in [0.717, 1.165) is 0 Å². The molecular weight excluding hydrogens is 470 g/mol. The van der Waals surface area contributed by atoms with E-state index >= 15 is 0 Å². The Labute approximate surface area is 208 Å². The zero-order valence-corrected chi connectivity index (χ0v) is 20.4. The van der Waals surface area contributed by atoms with Crippen molar-refractivity contribution in [3.63, 3.8) is 0 Å². The van der Waals surface area contributed by atoms with Crippen LogP contribution < -0.4 is 10.1 Å². The van der Waals surface area contributed by atoms with Gasteiger partial charge in [-0.3, -0.25) is 4.79 Å². The fourth-order valence-corrected chi connectivity index (χ4v) is 3.87. The molecule has 0 saturated carbocycles. The van der Waals surface area contributed by atoms with Gasteiger partial charge < -0.3 is 19.9 Å². The van der Waals surface area contributed by atoms with Crippen LogP contribution in [0.15, 0.2) is 60.8 Å². The number of aromatic nitrogens is 1. The van der Waals surface area contributed by atoms with Crippen LogP contribution in [0.5, 0.6) is 11.5 Å². The molecule has 0 fully saturated rings. The van der Waals surface area contributed by atoms with E-state index in [1.54, 1.807) is 45.0 Å². The van der Waals surface area contributed by atoms with E-state index in [9.17, 15) is 23.5 Å². The fourth-order valence-electron chi connectivity index (χ4n) is 3.87. The average molecular weight is 499 g/mol. The van der Waals surface area contributed by atoms with E-state index in [-0.39, 0.29) is 17.4 Å². The lowest BCUT2D eigenvalue weighted by Crippen LogP contribution is -2.46. The van der Waals surface area contributed by atoms with Crippen LogP contribution in [0.4, 0.5) is 8.78 Å². The van der Waals surface area contributed by atoms with Gasteiger partial charge in [0.05, 0.1) is 7.11 Å². The topological polar surface area (TPSA) is 97.8 Å². The minimum Gasteiger partial charge on any atom is -0.503 e. The summed E-state index contributed by atoms with van der Waals surface area (Å²) in [5.41, 5.74) is 1.04. The third-order valence-electron chi connectivity index (χ3n) is 5.76. The number of ether oxygens (including phenoxy) is 2. The first-order chi connectivity index (χ1) is 17.1. The largest absolute Gasteiger partial charge is 0.503 e. The molecule has 0 aliphatic rings. The standard InChI is InChI=1S/C27H28F2N2O5/c1-15(2)23(31-26(33)24-25(32)21(35-4)13-14-30-24)27(34)36-16(3)22(17-5-9-19(28)10-6-17)18-7-11-20(29)12-8-18/h5-16,22-23,32H,1-4H3,(H,31,33)/t16-,23-/m0/s1. The highest BCUT2D eigenvalue weighted by Crippen LogP contribution is 2.31. The second kappa shape index (κ2) is 11.6. The van der Waals surface area contributed by atoms with Crippen molar-refractivity contribution in [3.8, 4) is 11.5 Å². The Bertz CT molecular complexity index is 1150. The average Bonchev–Trinajstić information content (AvgIpc) is 2.84. The molecule has 2 atom stereocenters. The first-order valence-electron chi connectivity index (χ1n) is 11.4. The molecule has 1 amide bonds. The summed E-state index contributed by atoms with van der Waals surface area (Å²) < 4.78 is 37.9. The molecule has 0 spiro atoms. The summed E-state index contributed by atoms with van der Waals surface area (Å²) in [7, 11) is 1.34. The molecule has 0 radical (unpaired) electrons. The molecule has 9 heteroatoms. The van der Waals surface area contributed by atoms with Crippen LogP contribution in [-0.4, -0.2) is 41.2 Å². The second-order valence-electron chi connectivity index (χ2n) is 8.63. The van der Waals surface area contributed by atoms with Crippen LogP contribution in [0, 0.1) is 17.6 Å². The molecule has 0 saturated heterocycles. The van der Waals surface area contributed by atoms with Gasteiger partial charge in [0.15, 0.2) is 17.2 Å². The minimum absolute atomic E-state index is 0.0638. The number of aromatic hydroxyl groups is 1. The Morgan fingerprint density at radius 1 is 0.917 bits per heavy atom. The number of hydrogen-bond donors (Lipinski definition) is 2. The Balaban J connectivity index is 1.84. The summed E-state index contributed by atoms with van der Waals surface area (Å²) in [6.45, 7) is 5.13. The van der Waals surface area contributed by atoms with E-state index in [1.807, 2.05) is 0 Å². The Hall–Kier alpha value is -4.01. The van der Waals surface area contributed by atoms with Gasteiger partial charge >= 0.3 is 5.97 Å². The van der Waals surface area contributed by atoms with Crippen LogP contribution in [0.25, 0.3) is 0 Å². The summed E-state index contributed by atoms with van der Waals surface area (Å²) >= 11 is 0. The number of methoxy groups -OCH3 is 1. The molecule has 1 heterocycles. The number of pyridine rings is 1. The van der Waals surface area contributed by atoms with Gasteiger partial charge in [0.25, 0.3) is 5.91 Å². The molecule has 0 aliphatic heterocycles. The number of amides is 1. The van der Waals surface area contributed by atoms with Gasteiger partial charge in [-0.2, -0.15) is 0 Å². The van der Waals surface area contributed by atoms with E-state index in [2.05, 4.69) is 10.3 Å². The molecule has 7 nitrogen and oxygen atoms in total. The number of esters is 1. The second-order valence-corrected chi connectivity index (χ2v) is 8.63. The molecule has 2 N–H and O–H groups in total. The first kappa shape index (κ1) is 26.6. The number of benzene rings is 2. The number of carbonyl (C=O) groups excluding carboxylic acids is 2. The first-order valence-corrected chi connectivity index (χ1v) is 11.4. The monoisotopic (exact) mass is 498 g/mol. The zero-order chi connectivity index (χ0) is 26.4. The minimum atomic E-state index is -1.06. The highest BCUT2D eigenvalue weighted by molar-refractivity contribution is 5.98. The van der Waals surface area contributed by atoms with E-state index in [1.165, 1.54) is 43.6 Å². The lowest BCUT2D eigenvalue weighted by molar-refractivity contribution is -0.152. The van der Waals surface area contributed by atoms with Gasteiger partial charge in [-0.1, -0.05) is 38.1 Å². The van der Waals surface area contributed by atoms with Crippen LogP contribution in [0.1, 0.15) is 48.3 Å². The third-order valence-corrected chi connectivity index (χ3v) is 5.76. The summed E-state index contributed by atoms with van der Waals surface area (Å²) in [4.78, 5) is 29.9. The number of halogens is 2. The van der Waals surface area contributed by atoms with Crippen molar-refractivity contribution in [2.45, 2.75) is 38.8 Å². The Morgan fingerprint density at radius 3 is 1.92 bits per heavy atom. The van der Waals surface area contributed by atoms with Crippen molar-refractivity contribution < 1.29 is 33.0 Å². The van der Waals surface area contributed by atoms with Crippen molar-refractivity contribution >= 4 is 11.9 Å². The van der Waals surface area contributed by atoms with Crippen LogP contribution in [-0.2, 0) is 9.53 Å². The number of nitrogens with zero attached hydrogens (tertiary/aromatic N) is 1. The highest BCUT2D eigenvalue weighted by atomic mass is 19.1. The number of hydrogen-bond acceptors (Lipinski definition) is 6. The van der Waals surface area contributed by atoms with Crippen molar-refractivity contribution in [1.29, 1.82) is 0 Å². The molecule has 2 aromatic carbocycles. The predicted octanol–water partition coefficient (Wildman–Crippen LogP) is 4.59. The van der Waals surface area contributed by atoms with Gasteiger partial charge in [0.2, 0.25) is 0 Å². The summed E-state index contributed by atoms with van der Waals surface area (Å²) in [5, 5.41) is 12.8. The van der Waals surface area contributed by atoms with Gasteiger partial charge in [0, 0.05) is 18.2 Å². The summed E-state index contributed by atoms with van der Waals surface area (Å²) in [6.07, 6.45) is 0.545. The van der Waals surface area contributed by atoms with E-state index < -0.39 is 47.3 Å². The summed E-state index contributed by atoms with van der Waals surface area (Å²) in [5.74, 6) is -3.59. The number of nitrogens with one attached hydrogen (secondary N) is 1. The fraction of sp³-hybridized carbons (Fsp3) is 0.296. The molecule has 3 rings (SSSR count). The lowest BCUT2D eigenvalue weighted by atomic mass is 9.87. The normalized spacial score (nSPS) is 12.8. The molecule has 190 valence electrons. The third kappa shape index (κ3) is 6.16. The molecule has 3 aromatic rings. The number of rotatable bonds is 9. The van der Waals surface area contributed by atoms with Crippen molar-refractivity contribution in [3.05, 3.63) is 89.2 Å². The maximum Gasteiger partial charge on any atom is 0.329 e. The molecule has 1 aromatic heterocycles. The van der Waals surface area contributed by atoms with E-state index in [4.69, 9.17) is 9.47 Å². The zero-order valence-electron chi connectivity index (χ0n) is 20.4. The molecule has 36 heavy (non-hydrogen) atoms. The summed E-state index contributed by atoms with van der Waals surface area (Å²) in [6, 6.07) is 11.8. The SMILES string of the molecule is COc1ccnc(C(=O)N[C@H](C(=O)O[C@@H](C)C(c2ccc(F)cc2)c2ccc(F)cc2)C(C)C)c1O. The Morgan fingerprint density at radius 2 is 1.44 bits per heavy atom. The maximum atomic E-state index is 13.5. The number of carbonyl (C=O) groups is 2. The van der Waals surface area contributed by atoms with Crippen LogP contribution >= 0.6 is 0 Å². The quantitative estimate of drug-likeness (QED) is 0.419. The predicted molar refractivity (Wildman–Crippen MR) is 129 cm³/mol. The lowest BCUT2D eigenvalue weighted by Gasteiger charge is -2.28. The van der Waals surface area contributed by atoms with Crippen LogP contribution in [0.3, 0.4) is 0 Å². The van der Waals surface area contributed by atoms with Crippen molar-refractivity contribution in [2.24, 2.45) is 5.92 Å². The maximum absolute atomic E-state index is 13.5. The smallest absolute Gasteiger partial charge is 0.329 e. The Kier molecular flexibility index (Phi) is 8.58. The highest BCUT2D eigenvalue weighted by Gasteiger charge is 2.32. The molecule has 0 unspecified atom stereocenters. The van der Waals surface area contributed by atoms with Crippen LogP contribution in [0.2, 0.25) is 0 Å². The molecular formula is C27H28F2N2O5. The van der Waals surface area contributed by atoms with E-state index in [0.29, 0.717) is 11.1 Å². The van der Waals surface area contributed by atoms with Crippen molar-refractivity contribution in [2.75, 3.05) is 7.11 Å². The van der Waals surface area contributed by atoms with Gasteiger partial charge in [-0.25, -0.2) is 18.6 Å².